The Balaban J connectivity index is 2.50. The highest BCUT2D eigenvalue weighted by molar-refractivity contribution is 5.86. The van der Waals surface area contributed by atoms with E-state index in [9.17, 15) is 9.59 Å². The molecular weight excluding hydrogens is 158 g/mol. The summed E-state index contributed by atoms with van der Waals surface area (Å²) in [7, 11) is 0. The Morgan fingerprint density at radius 1 is 1.75 bits per heavy atom. The van der Waals surface area contributed by atoms with Crippen LogP contribution in [-0.2, 0) is 9.59 Å². The fraction of sp³-hybridized carbons (Fsp3) is 0.750. The molecule has 4 nitrogen and oxygen atoms in total. The summed E-state index contributed by atoms with van der Waals surface area (Å²) in [4.78, 5) is 23.3. The molecule has 0 aromatic carbocycles. The van der Waals surface area contributed by atoms with Gasteiger partial charge in [0.05, 0.1) is 5.92 Å². The molecule has 0 saturated carbocycles. The second-order valence-corrected chi connectivity index (χ2v) is 3.08. The van der Waals surface area contributed by atoms with Crippen LogP contribution in [0.1, 0.15) is 19.8 Å². The largest absolute Gasteiger partial charge is 0.481 e. The van der Waals surface area contributed by atoms with Crippen molar-refractivity contribution in [2.45, 2.75) is 19.8 Å². The van der Waals surface area contributed by atoms with Crippen LogP contribution in [0.25, 0.3) is 0 Å². The van der Waals surface area contributed by atoms with E-state index in [1.807, 2.05) is 6.92 Å². The maximum atomic E-state index is 11.1. The normalized spacial score (nSPS) is 23.2. The smallest absolute Gasteiger partial charge is 0.308 e. The van der Waals surface area contributed by atoms with Crippen LogP contribution < -0.4 is 0 Å². The van der Waals surface area contributed by atoms with Gasteiger partial charge in [-0.15, -0.1) is 0 Å². The lowest BCUT2D eigenvalue weighted by Crippen LogP contribution is -2.26. The number of likely N-dealkylation sites (tertiary alicyclic amines) is 1. The molecule has 0 bridgehead atoms. The number of rotatable bonds is 3. The molecule has 1 heterocycles. The third kappa shape index (κ3) is 1.75. The number of aliphatic carboxylic acids is 1. The first-order valence-corrected chi connectivity index (χ1v) is 4.15. The molecule has 1 rings (SSSR count). The van der Waals surface area contributed by atoms with Crippen molar-refractivity contribution in [3.8, 4) is 0 Å². The van der Waals surface area contributed by atoms with Crippen LogP contribution in [0.4, 0.5) is 0 Å². The van der Waals surface area contributed by atoms with E-state index >= 15 is 0 Å². The Morgan fingerprint density at radius 2 is 2.42 bits per heavy atom. The average molecular weight is 171 g/mol. The molecule has 0 aromatic rings. The minimum Gasteiger partial charge on any atom is -0.481 e. The highest BCUT2D eigenvalue weighted by Gasteiger charge is 2.33. The molecule has 0 aromatic heterocycles. The maximum Gasteiger partial charge on any atom is 0.308 e. The van der Waals surface area contributed by atoms with Crippen LogP contribution in [0, 0.1) is 5.92 Å². The van der Waals surface area contributed by atoms with E-state index in [0.29, 0.717) is 13.1 Å². The highest BCUT2D eigenvalue weighted by Crippen LogP contribution is 2.17. The van der Waals surface area contributed by atoms with E-state index in [2.05, 4.69) is 0 Å². The number of carbonyl (C=O) groups excluding carboxylic acids is 1. The van der Waals surface area contributed by atoms with Crippen LogP contribution in [-0.4, -0.2) is 35.0 Å². The molecule has 0 spiro atoms. The summed E-state index contributed by atoms with van der Waals surface area (Å²) >= 11 is 0. The topological polar surface area (TPSA) is 57.6 Å². The maximum absolute atomic E-state index is 11.1. The van der Waals surface area contributed by atoms with Gasteiger partial charge in [-0.2, -0.15) is 0 Å². The zero-order chi connectivity index (χ0) is 9.14. The van der Waals surface area contributed by atoms with E-state index in [0.717, 1.165) is 6.42 Å². The van der Waals surface area contributed by atoms with Gasteiger partial charge >= 0.3 is 5.97 Å². The second-order valence-electron chi connectivity index (χ2n) is 3.08. The fourth-order valence-corrected chi connectivity index (χ4v) is 1.42. The molecule has 1 atom stereocenters. The van der Waals surface area contributed by atoms with Gasteiger partial charge in [-0.25, -0.2) is 0 Å². The van der Waals surface area contributed by atoms with Crippen LogP contribution in [0.5, 0.6) is 0 Å². The third-order valence-electron chi connectivity index (χ3n) is 2.06. The summed E-state index contributed by atoms with van der Waals surface area (Å²) in [6.07, 6.45) is 1.06. The molecule has 0 radical (unpaired) electrons. The number of carboxylic acid groups (broad SMARTS) is 1. The van der Waals surface area contributed by atoms with Crippen LogP contribution in [0.2, 0.25) is 0 Å². The van der Waals surface area contributed by atoms with Crippen molar-refractivity contribution in [3.63, 3.8) is 0 Å². The van der Waals surface area contributed by atoms with E-state index in [1.165, 1.54) is 0 Å². The Morgan fingerprint density at radius 3 is 2.83 bits per heavy atom. The van der Waals surface area contributed by atoms with Crippen molar-refractivity contribution >= 4 is 11.9 Å². The van der Waals surface area contributed by atoms with Crippen molar-refractivity contribution < 1.29 is 14.7 Å². The standard InChI is InChI=1S/C8H13NO3/c1-2-3-9-5-6(8(11)12)4-7(9)10/h6H,2-5H2,1H3,(H,11,12)/t6-/m0/s1. The number of nitrogens with zero attached hydrogens (tertiary/aromatic N) is 1. The molecule has 1 saturated heterocycles. The van der Waals surface area contributed by atoms with Crippen molar-refractivity contribution in [3.05, 3.63) is 0 Å². The van der Waals surface area contributed by atoms with Gasteiger partial charge in [-0.05, 0) is 6.42 Å². The van der Waals surface area contributed by atoms with E-state index in [4.69, 9.17) is 5.11 Å². The van der Waals surface area contributed by atoms with Crippen molar-refractivity contribution in [1.29, 1.82) is 0 Å². The van der Waals surface area contributed by atoms with Gasteiger partial charge in [0.2, 0.25) is 5.91 Å². The Labute approximate surface area is 71.2 Å². The summed E-state index contributed by atoms with van der Waals surface area (Å²) < 4.78 is 0. The summed E-state index contributed by atoms with van der Waals surface area (Å²) in [5, 5.41) is 8.64. The first-order chi connectivity index (χ1) is 5.65. The van der Waals surface area contributed by atoms with Crippen molar-refractivity contribution in [1.82, 2.24) is 4.90 Å². The molecule has 12 heavy (non-hydrogen) atoms. The highest BCUT2D eigenvalue weighted by atomic mass is 16.4. The van der Waals surface area contributed by atoms with Gasteiger partial charge in [-0.1, -0.05) is 6.92 Å². The van der Waals surface area contributed by atoms with Gasteiger partial charge in [-0.3, -0.25) is 9.59 Å². The second kappa shape index (κ2) is 3.56. The molecule has 0 unspecified atom stereocenters. The van der Waals surface area contributed by atoms with Crippen molar-refractivity contribution in [2.75, 3.05) is 13.1 Å². The van der Waals surface area contributed by atoms with Gasteiger partial charge in [0.1, 0.15) is 0 Å². The fourth-order valence-electron chi connectivity index (χ4n) is 1.42. The molecular formula is C8H13NO3. The van der Waals surface area contributed by atoms with E-state index < -0.39 is 11.9 Å². The summed E-state index contributed by atoms with van der Waals surface area (Å²) in [5.74, 6) is -1.37. The minimum atomic E-state index is -0.859. The summed E-state index contributed by atoms with van der Waals surface area (Å²) in [6.45, 7) is 3.05. The SMILES string of the molecule is CCCN1C[C@@H](C(=O)O)CC1=O. The monoisotopic (exact) mass is 171 g/mol. The molecule has 68 valence electrons. The number of carboxylic acids is 1. The molecule has 1 N–H and O–H groups in total. The van der Waals surface area contributed by atoms with Crippen molar-refractivity contribution in [2.24, 2.45) is 5.92 Å². The quantitative estimate of drug-likeness (QED) is 0.665. The lowest BCUT2D eigenvalue weighted by Gasteiger charge is -2.13. The predicted molar refractivity (Wildman–Crippen MR) is 42.6 cm³/mol. The van der Waals surface area contributed by atoms with Gasteiger partial charge in [0.15, 0.2) is 0 Å². The van der Waals surface area contributed by atoms with E-state index in [-0.39, 0.29) is 12.3 Å². The third-order valence-corrected chi connectivity index (χ3v) is 2.06. The van der Waals surface area contributed by atoms with Crippen LogP contribution in [0.15, 0.2) is 0 Å². The zero-order valence-corrected chi connectivity index (χ0v) is 7.12. The summed E-state index contributed by atoms with van der Waals surface area (Å²) in [6, 6.07) is 0. The Bertz CT molecular complexity index is 202. The molecule has 1 aliphatic heterocycles. The lowest BCUT2D eigenvalue weighted by atomic mass is 10.1. The first-order valence-electron chi connectivity index (χ1n) is 4.15. The minimum absolute atomic E-state index is 0.0238. The van der Waals surface area contributed by atoms with Gasteiger partial charge in [0, 0.05) is 19.5 Å². The lowest BCUT2D eigenvalue weighted by molar-refractivity contribution is -0.141. The number of hydrogen-bond acceptors (Lipinski definition) is 2. The Kier molecular flexibility index (Phi) is 2.68. The Hall–Kier alpha value is -1.06. The average Bonchev–Trinajstić information content (AvgIpc) is 2.34. The zero-order valence-electron chi connectivity index (χ0n) is 7.12. The van der Waals surface area contributed by atoms with Crippen LogP contribution >= 0.6 is 0 Å². The van der Waals surface area contributed by atoms with Gasteiger partial charge in [0.25, 0.3) is 0 Å². The molecule has 1 aliphatic rings. The molecule has 1 fully saturated rings. The summed E-state index contributed by atoms with van der Waals surface area (Å²) in [5.41, 5.74) is 0. The molecule has 4 heteroatoms. The predicted octanol–water partition coefficient (Wildman–Crippen LogP) is 0.329. The number of hydrogen-bond donors (Lipinski definition) is 1. The van der Waals surface area contributed by atoms with Gasteiger partial charge < -0.3 is 10.0 Å². The molecule has 0 aliphatic carbocycles. The number of amides is 1. The molecule has 1 amide bonds. The number of carbonyl (C=O) groups is 2. The first kappa shape index (κ1) is 9.03. The van der Waals surface area contributed by atoms with E-state index in [1.54, 1.807) is 4.90 Å². The van der Waals surface area contributed by atoms with Crippen LogP contribution in [0.3, 0.4) is 0 Å².